The zero-order valence-corrected chi connectivity index (χ0v) is 12.4. The van der Waals surface area contributed by atoms with Gasteiger partial charge in [-0.05, 0) is 31.9 Å². The van der Waals surface area contributed by atoms with E-state index in [1.165, 1.54) is 6.07 Å². The lowest BCUT2D eigenvalue weighted by atomic mass is 10.2. The van der Waals surface area contributed by atoms with Crippen LogP contribution < -0.4 is 16.0 Å². The first-order valence-electron chi connectivity index (χ1n) is 6.83. The molecule has 0 spiro atoms. The van der Waals surface area contributed by atoms with Gasteiger partial charge in [0.1, 0.15) is 23.2 Å². The highest BCUT2D eigenvalue weighted by Crippen LogP contribution is 2.28. The summed E-state index contributed by atoms with van der Waals surface area (Å²) < 4.78 is 19.3. The van der Waals surface area contributed by atoms with Crippen LogP contribution in [0.25, 0.3) is 0 Å². The van der Waals surface area contributed by atoms with Crippen molar-refractivity contribution in [1.29, 1.82) is 0 Å². The summed E-state index contributed by atoms with van der Waals surface area (Å²) in [6, 6.07) is 4.71. The van der Waals surface area contributed by atoms with Gasteiger partial charge in [0.15, 0.2) is 0 Å². The molecule has 21 heavy (non-hydrogen) atoms. The first-order valence-corrected chi connectivity index (χ1v) is 6.83. The molecule has 1 aromatic carbocycles. The van der Waals surface area contributed by atoms with E-state index in [4.69, 9.17) is 10.6 Å². The van der Waals surface area contributed by atoms with Gasteiger partial charge in [-0.2, -0.15) is 4.98 Å². The van der Waals surface area contributed by atoms with Gasteiger partial charge in [-0.3, -0.25) is 0 Å². The summed E-state index contributed by atoms with van der Waals surface area (Å²) in [7, 11) is 0. The Hall–Kier alpha value is -2.21. The second-order valence-corrected chi connectivity index (χ2v) is 4.83. The lowest BCUT2D eigenvalue weighted by molar-refractivity contribution is 0.449. The fraction of sp³-hybridized carbons (Fsp3) is 0.333. The van der Waals surface area contributed by atoms with E-state index in [0.717, 1.165) is 6.42 Å². The number of hydrazine groups is 1. The van der Waals surface area contributed by atoms with Crippen LogP contribution in [0.5, 0.6) is 11.6 Å². The molecule has 0 amide bonds. The molecule has 2 rings (SSSR count). The molecule has 112 valence electrons. The van der Waals surface area contributed by atoms with E-state index in [0.29, 0.717) is 40.8 Å². The normalized spacial score (nSPS) is 10.5. The number of hydrogen-bond donors (Lipinski definition) is 2. The smallest absolute Gasteiger partial charge is 0.227 e. The third-order valence-electron chi connectivity index (χ3n) is 3.12. The van der Waals surface area contributed by atoms with Gasteiger partial charge < -0.3 is 10.2 Å². The highest BCUT2D eigenvalue weighted by molar-refractivity contribution is 5.48. The molecule has 0 radical (unpaired) electrons. The molecule has 0 saturated carbocycles. The van der Waals surface area contributed by atoms with Gasteiger partial charge in [-0.25, -0.2) is 15.2 Å². The van der Waals surface area contributed by atoms with Crippen LogP contribution in [0.2, 0.25) is 0 Å². The van der Waals surface area contributed by atoms with E-state index in [-0.39, 0.29) is 5.82 Å². The summed E-state index contributed by atoms with van der Waals surface area (Å²) >= 11 is 0. The van der Waals surface area contributed by atoms with Gasteiger partial charge >= 0.3 is 0 Å². The predicted octanol–water partition coefficient (Wildman–Crippen LogP) is 3.26. The Labute approximate surface area is 123 Å². The van der Waals surface area contributed by atoms with E-state index < -0.39 is 0 Å². The van der Waals surface area contributed by atoms with Crippen molar-refractivity contribution < 1.29 is 9.13 Å². The Morgan fingerprint density at radius 2 is 2.05 bits per heavy atom. The van der Waals surface area contributed by atoms with Crippen LogP contribution in [0, 0.1) is 19.7 Å². The van der Waals surface area contributed by atoms with E-state index in [1.54, 1.807) is 26.0 Å². The zero-order chi connectivity index (χ0) is 15.4. The number of aryl methyl sites for hydroxylation is 2. The number of rotatable bonds is 5. The van der Waals surface area contributed by atoms with E-state index >= 15 is 0 Å². The monoisotopic (exact) mass is 290 g/mol. The van der Waals surface area contributed by atoms with Crippen molar-refractivity contribution in [3.8, 4) is 11.6 Å². The van der Waals surface area contributed by atoms with Gasteiger partial charge in [0.2, 0.25) is 5.88 Å². The first kappa shape index (κ1) is 15.2. The third-order valence-corrected chi connectivity index (χ3v) is 3.12. The second-order valence-electron chi connectivity index (χ2n) is 4.83. The van der Waals surface area contributed by atoms with Crippen molar-refractivity contribution in [2.75, 3.05) is 5.43 Å². The average molecular weight is 290 g/mol. The van der Waals surface area contributed by atoms with Crippen LogP contribution in [0.4, 0.5) is 10.2 Å². The standard InChI is InChI=1S/C15H19FN4O/c1-4-5-13-18-14(20-17)10(3)15(19-13)21-11-7-6-9(2)12(16)8-11/h6-8H,4-5,17H2,1-3H3,(H,18,19,20). The van der Waals surface area contributed by atoms with E-state index in [1.807, 2.05) is 6.92 Å². The van der Waals surface area contributed by atoms with Crippen LogP contribution in [0.3, 0.4) is 0 Å². The number of nitrogen functional groups attached to an aromatic ring is 1. The molecule has 0 fully saturated rings. The SMILES string of the molecule is CCCc1nc(NN)c(C)c(Oc2ccc(C)c(F)c2)n1. The maximum Gasteiger partial charge on any atom is 0.227 e. The maximum atomic E-state index is 13.6. The number of nitrogens with one attached hydrogen (secondary N) is 1. The Kier molecular flexibility index (Phi) is 4.70. The molecule has 0 aliphatic rings. The summed E-state index contributed by atoms with van der Waals surface area (Å²) in [4.78, 5) is 8.68. The summed E-state index contributed by atoms with van der Waals surface area (Å²) in [5.41, 5.74) is 3.78. The van der Waals surface area contributed by atoms with Crippen LogP contribution in [-0.4, -0.2) is 9.97 Å². The summed E-state index contributed by atoms with van der Waals surface area (Å²) in [6.45, 7) is 5.53. The fourth-order valence-corrected chi connectivity index (χ4v) is 1.86. The summed E-state index contributed by atoms with van der Waals surface area (Å²) in [5, 5.41) is 0. The molecular weight excluding hydrogens is 271 g/mol. The second kappa shape index (κ2) is 6.49. The number of anilines is 1. The molecular formula is C15H19FN4O. The molecule has 6 heteroatoms. The Morgan fingerprint density at radius 1 is 1.29 bits per heavy atom. The van der Waals surface area contributed by atoms with Gasteiger partial charge in [0, 0.05) is 12.5 Å². The number of benzene rings is 1. The van der Waals surface area contributed by atoms with Gasteiger partial charge in [-0.15, -0.1) is 0 Å². The molecule has 0 saturated heterocycles. The van der Waals surface area contributed by atoms with Crippen LogP contribution in [0.15, 0.2) is 18.2 Å². The van der Waals surface area contributed by atoms with Gasteiger partial charge in [0.25, 0.3) is 0 Å². The number of hydrogen-bond acceptors (Lipinski definition) is 5. The Balaban J connectivity index is 2.37. The third kappa shape index (κ3) is 3.46. The predicted molar refractivity (Wildman–Crippen MR) is 79.8 cm³/mol. The summed E-state index contributed by atoms with van der Waals surface area (Å²) in [6.07, 6.45) is 1.62. The molecule has 2 aromatic rings. The molecule has 1 heterocycles. The first-order chi connectivity index (χ1) is 10.0. The zero-order valence-electron chi connectivity index (χ0n) is 12.4. The van der Waals surface area contributed by atoms with E-state index in [2.05, 4.69) is 15.4 Å². The minimum Gasteiger partial charge on any atom is -0.438 e. The van der Waals surface area contributed by atoms with Gasteiger partial charge in [0.05, 0.1) is 5.56 Å². The lowest BCUT2D eigenvalue weighted by Crippen LogP contribution is -2.13. The van der Waals surface area contributed by atoms with Crippen LogP contribution in [-0.2, 0) is 6.42 Å². The number of nitrogens with two attached hydrogens (primary N) is 1. The number of ether oxygens (including phenoxy) is 1. The van der Waals surface area contributed by atoms with Crippen molar-refractivity contribution >= 4 is 5.82 Å². The lowest BCUT2D eigenvalue weighted by Gasteiger charge is -2.12. The molecule has 0 aliphatic carbocycles. The number of aromatic nitrogens is 2. The highest BCUT2D eigenvalue weighted by Gasteiger charge is 2.12. The minimum atomic E-state index is -0.315. The molecule has 0 aliphatic heterocycles. The van der Waals surface area contributed by atoms with Crippen molar-refractivity contribution in [2.24, 2.45) is 5.84 Å². The van der Waals surface area contributed by atoms with Crippen molar-refractivity contribution in [1.82, 2.24) is 9.97 Å². The molecule has 1 aromatic heterocycles. The van der Waals surface area contributed by atoms with Crippen molar-refractivity contribution in [3.63, 3.8) is 0 Å². The van der Waals surface area contributed by atoms with E-state index in [9.17, 15) is 4.39 Å². The summed E-state index contributed by atoms with van der Waals surface area (Å²) in [5.74, 6) is 7.07. The quantitative estimate of drug-likeness (QED) is 0.653. The average Bonchev–Trinajstić information content (AvgIpc) is 2.46. The number of halogens is 1. The van der Waals surface area contributed by atoms with Gasteiger partial charge in [-0.1, -0.05) is 13.0 Å². The Bertz CT molecular complexity index is 646. The Morgan fingerprint density at radius 3 is 2.67 bits per heavy atom. The topological polar surface area (TPSA) is 73.1 Å². The molecule has 0 unspecified atom stereocenters. The molecule has 0 atom stereocenters. The molecule has 0 bridgehead atoms. The molecule has 3 N–H and O–H groups in total. The highest BCUT2D eigenvalue weighted by atomic mass is 19.1. The van der Waals surface area contributed by atoms with Crippen LogP contribution >= 0.6 is 0 Å². The largest absolute Gasteiger partial charge is 0.438 e. The maximum absolute atomic E-state index is 13.6. The fourth-order valence-electron chi connectivity index (χ4n) is 1.86. The minimum absolute atomic E-state index is 0.315. The number of nitrogens with zero attached hydrogens (tertiary/aromatic N) is 2. The van der Waals surface area contributed by atoms with Crippen LogP contribution in [0.1, 0.15) is 30.3 Å². The van der Waals surface area contributed by atoms with Crippen molar-refractivity contribution in [2.45, 2.75) is 33.6 Å². The molecule has 5 nitrogen and oxygen atoms in total. The van der Waals surface area contributed by atoms with Crippen molar-refractivity contribution in [3.05, 3.63) is 41.0 Å².